The third-order valence-electron chi connectivity index (χ3n) is 1.88. The van der Waals surface area contributed by atoms with Gasteiger partial charge < -0.3 is 0 Å². The van der Waals surface area contributed by atoms with Crippen LogP contribution in [0.1, 0.15) is 0 Å². The standard InChI is InChI=1S/C8H8N4O2S/c9-15(13,14)8-4-2-1-3-6(8)7-5-10-12-11-7/h1-5H,(H2,9,13,14)(H,10,11,12). The van der Waals surface area contributed by atoms with Crippen LogP contribution >= 0.6 is 0 Å². The van der Waals surface area contributed by atoms with E-state index in [9.17, 15) is 8.42 Å². The molecule has 0 atom stereocenters. The Hall–Kier alpha value is -1.73. The average molecular weight is 224 g/mol. The van der Waals surface area contributed by atoms with Crippen LogP contribution in [0.4, 0.5) is 0 Å². The van der Waals surface area contributed by atoms with E-state index in [0.717, 1.165) is 0 Å². The second-order valence-corrected chi connectivity index (χ2v) is 4.43. The maximum Gasteiger partial charge on any atom is 0.238 e. The van der Waals surface area contributed by atoms with Crippen LogP contribution in [0.5, 0.6) is 0 Å². The third kappa shape index (κ3) is 1.88. The molecule has 0 aliphatic carbocycles. The number of primary sulfonamides is 1. The molecule has 2 aromatic rings. The molecule has 0 unspecified atom stereocenters. The molecule has 78 valence electrons. The van der Waals surface area contributed by atoms with Gasteiger partial charge in [0, 0.05) is 5.56 Å². The van der Waals surface area contributed by atoms with Crippen molar-refractivity contribution in [2.24, 2.45) is 5.14 Å². The second kappa shape index (κ2) is 3.44. The lowest BCUT2D eigenvalue weighted by atomic mass is 10.2. The number of nitrogens with two attached hydrogens (primary N) is 1. The van der Waals surface area contributed by atoms with Gasteiger partial charge in [-0.2, -0.15) is 15.4 Å². The van der Waals surface area contributed by atoms with E-state index >= 15 is 0 Å². The number of hydrogen-bond acceptors (Lipinski definition) is 4. The van der Waals surface area contributed by atoms with Crippen molar-refractivity contribution in [3.05, 3.63) is 30.5 Å². The Kier molecular flexibility index (Phi) is 2.25. The molecule has 15 heavy (non-hydrogen) atoms. The van der Waals surface area contributed by atoms with E-state index in [0.29, 0.717) is 11.3 Å². The van der Waals surface area contributed by atoms with Crippen molar-refractivity contribution in [2.45, 2.75) is 4.90 Å². The molecule has 1 heterocycles. The normalized spacial score (nSPS) is 11.5. The van der Waals surface area contributed by atoms with Crippen LogP contribution in [0.2, 0.25) is 0 Å². The number of nitrogens with zero attached hydrogens (tertiary/aromatic N) is 2. The van der Waals surface area contributed by atoms with E-state index in [2.05, 4.69) is 15.4 Å². The van der Waals surface area contributed by atoms with Crippen molar-refractivity contribution >= 4 is 10.0 Å². The first-order valence-electron chi connectivity index (χ1n) is 4.07. The predicted molar refractivity (Wildman–Crippen MR) is 53.2 cm³/mol. The Labute approximate surface area is 86.2 Å². The van der Waals surface area contributed by atoms with Gasteiger partial charge in [0.25, 0.3) is 0 Å². The molecule has 7 heteroatoms. The minimum atomic E-state index is -3.74. The van der Waals surface area contributed by atoms with E-state index in [4.69, 9.17) is 5.14 Å². The summed E-state index contributed by atoms with van der Waals surface area (Å²) in [6.07, 6.45) is 1.43. The van der Waals surface area contributed by atoms with Crippen LogP contribution in [0.15, 0.2) is 35.4 Å². The van der Waals surface area contributed by atoms with Crippen LogP contribution in [-0.4, -0.2) is 23.8 Å². The van der Waals surface area contributed by atoms with Gasteiger partial charge in [-0.05, 0) is 6.07 Å². The Bertz CT molecular complexity index is 562. The molecule has 0 saturated carbocycles. The van der Waals surface area contributed by atoms with E-state index in [1.165, 1.54) is 12.3 Å². The average Bonchev–Trinajstić information content (AvgIpc) is 2.69. The quantitative estimate of drug-likeness (QED) is 0.756. The minimum absolute atomic E-state index is 0.0406. The second-order valence-electron chi connectivity index (χ2n) is 2.90. The van der Waals surface area contributed by atoms with Gasteiger partial charge in [0.05, 0.1) is 11.1 Å². The zero-order valence-corrected chi connectivity index (χ0v) is 8.40. The fourth-order valence-electron chi connectivity index (χ4n) is 1.26. The van der Waals surface area contributed by atoms with Crippen LogP contribution in [0.25, 0.3) is 11.3 Å². The van der Waals surface area contributed by atoms with E-state index in [1.54, 1.807) is 18.2 Å². The van der Waals surface area contributed by atoms with Crippen LogP contribution in [-0.2, 0) is 10.0 Å². The summed E-state index contributed by atoms with van der Waals surface area (Å²) < 4.78 is 22.5. The van der Waals surface area contributed by atoms with Crippen molar-refractivity contribution in [3.63, 3.8) is 0 Å². The van der Waals surface area contributed by atoms with Crippen LogP contribution in [0.3, 0.4) is 0 Å². The third-order valence-corrected chi connectivity index (χ3v) is 2.85. The summed E-state index contributed by atoms with van der Waals surface area (Å²) in [6, 6.07) is 6.36. The van der Waals surface area contributed by atoms with Gasteiger partial charge in [-0.1, -0.05) is 18.2 Å². The van der Waals surface area contributed by atoms with Crippen LogP contribution < -0.4 is 5.14 Å². The monoisotopic (exact) mass is 224 g/mol. The Balaban J connectivity index is 2.68. The highest BCUT2D eigenvalue weighted by Crippen LogP contribution is 2.23. The molecule has 2 rings (SSSR count). The van der Waals surface area contributed by atoms with Crippen LogP contribution in [0, 0.1) is 0 Å². The fraction of sp³-hybridized carbons (Fsp3) is 0. The number of H-pyrrole nitrogens is 1. The zero-order valence-electron chi connectivity index (χ0n) is 7.58. The van der Waals surface area contributed by atoms with Gasteiger partial charge in [-0.15, -0.1) is 0 Å². The fourth-order valence-corrected chi connectivity index (χ4v) is 2.01. The number of aromatic amines is 1. The first kappa shape index (κ1) is 9.81. The molecule has 6 nitrogen and oxygen atoms in total. The molecular formula is C8H8N4O2S. The lowest BCUT2D eigenvalue weighted by molar-refractivity contribution is 0.598. The number of rotatable bonds is 2. The maximum atomic E-state index is 11.3. The van der Waals surface area contributed by atoms with Crippen molar-refractivity contribution in [1.29, 1.82) is 0 Å². The summed E-state index contributed by atoms with van der Waals surface area (Å²) in [4.78, 5) is 0.0406. The Morgan fingerprint density at radius 3 is 2.60 bits per heavy atom. The minimum Gasteiger partial charge on any atom is -0.225 e. The first-order valence-corrected chi connectivity index (χ1v) is 5.61. The largest absolute Gasteiger partial charge is 0.238 e. The molecule has 0 bridgehead atoms. The zero-order chi connectivity index (χ0) is 10.9. The van der Waals surface area contributed by atoms with E-state index in [-0.39, 0.29) is 4.90 Å². The van der Waals surface area contributed by atoms with Gasteiger partial charge >= 0.3 is 0 Å². The van der Waals surface area contributed by atoms with Crippen molar-refractivity contribution in [2.75, 3.05) is 0 Å². The van der Waals surface area contributed by atoms with Gasteiger partial charge in [-0.25, -0.2) is 13.6 Å². The smallest absolute Gasteiger partial charge is 0.225 e. The molecule has 0 fully saturated rings. The van der Waals surface area contributed by atoms with Gasteiger partial charge in [-0.3, -0.25) is 0 Å². The number of aromatic nitrogens is 3. The summed E-state index contributed by atoms with van der Waals surface area (Å²) >= 11 is 0. The van der Waals surface area contributed by atoms with Crippen molar-refractivity contribution in [3.8, 4) is 11.3 Å². The van der Waals surface area contributed by atoms with Crippen molar-refractivity contribution < 1.29 is 8.42 Å². The summed E-state index contributed by atoms with van der Waals surface area (Å²) in [5.74, 6) is 0. The molecule has 0 spiro atoms. The molecule has 0 aliphatic rings. The highest BCUT2D eigenvalue weighted by Gasteiger charge is 2.15. The maximum absolute atomic E-state index is 11.3. The Morgan fingerprint density at radius 2 is 2.00 bits per heavy atom. The highest BCUT2D eigenvalue weighted by molar-refractivity contribution is 7.89. The van der Waals surface area contributed by atoms with Gasteiger partial charge in [0.15, 0.2) is 0 Å². The van der Waals surface area contributed by atoms with E-state index in [1.807, 2.05) is 0 Å². The number of benzene rings is 1. The number of sulfonamides is 1. The summed E-state index contributed by atoms with van der Waals surface area (Å²) in [7, 11) is -3.74. The highest BCUT2D eigenvalue weighted by atomic mass is 32.2. The lowest BCUT2D eigenvalue weighted by Gasteiger charge is -2.03. The number of hydrogen-bond donors (Lipinski definition) is 2. The first-order chi connectivity index (χ1) is 7.09. The molecule has 0 amide bonds. The van der Waals surface area contributed by atoms with E-state index < -0.39 is 10.0 Å². The van der Waals surface area contributed by atoms with Gasteiger partial charge in [0.2, 0.25) is 10.0 Å². The van der Waals surface area contributed by atoms with Gasteiger partial charge in [0.1, 0.15) is 5.69 Å². The van der Waals surface area contributed by atoms with Crippen molar-refractivity contribution in [1.82, 2.24) is 15.4 Å². The molecule has 1 aromatic carbocycles. The molecule has 0 aliphatic heterocycles. The molecular weight excluding hydrogens is 216 g/mol. The summed E-state index contributed by atoms with van der Waals surface area (Å²) in [5.41, 5.74) is 0.883. The predicted octanol–water partition coefficient (Wildman–Crippen LogP) is 0.119. The summed E-state index contributed by atoms with van der Waals surface area (Å²) in [5, 5.41) is 14.9. The Morgan fingerprint density at radius 1 is 1.27 bits per heavy atom. The summed E-state index contributed by atoms with van der Waals surface area (Å²) in [6.45, 7) is 0. The molecule has 1 aromatic heterocycles. The lowest BCUT2D eigenvalue weighted by Crippen LogP contribution is -2.13. The molecule has 0 saturated heterocycles. The SMILES string of the molecule is NS(=O)(=O)c1ccccc1-c1cn[nH]n1. The molecule has 3 N–H and O–H groups in total. The molecule has 0 radical (unpaired) electrons. The number of nitrogens with one attached hydrogen (secondary N) is 1. The topological polar surface area (TPSA) is 102 Å².